The first-order valence-corrected chi connectivity index (χ1v) is 10.9. The summed E-state index contributed by atoms with van der Waals surface area (Å²) in [6.45, 7) is 3.18. The van der Waals surface area contributed by atoms with Crippen molar-refractivity contribution in [3.05, 3.63) is 26.6 Å². The quantitative estimate of drug-likeness (QED) is 0.744. The number of carbonyl (C=O) groups is 2. The van der Waals surface area contributed by atoms with Crippen LogP contribution in [0.25, 0.3) is 10.2 Å². The lowest BCUT2D eigenvalue weighted by Crippen LogP contribution is -2.34. The molecule has 8 nitrogen and oxygen atoms in total. The normalized spacial score (nSPS) is 19.0. The van der Waals surface area contributed by atoms with Crippen molar-refractivity contribution >= 4 is 33.4 Å². The third kappa shape index (κ3) is 4.20. The van der Waals surface area contributed by atoms with Gasteiger partial charge in [0, 0.05) is 26.1 Å². The second kappa shape index (κ2) is 8.62. The molecular weight excluding hydrogens is 394 g/mol. The van der Waals surface area contributed by atoms with Gasteiger partial charge in [-0.25, -0.2) is 9.78 Å². The molecule has 1 N–H and O–H groups in total. The van der Waals surface area contributed by atoms with E-state index in [1.165, 1.54) is 0 Å². The van der Waals surface area contributed by atoms with Gasteiger partial charge in [-0.05, 0) is 38.2 Å². The predicted molar refractivity (Wildman–Crippen MR) is 108 cm³/mol. The number of amides is 1. The van der Waals surface area contributed by atoms with E-state index < -0.39 is 5.97 Å². The number of carbonyl (C=O) groups excluding carboxylic acids is 2. The molecule has 156 valence electrons. The van der Waals surface area contributed by atoms with Gasteiger partial charge in [-0.15, -0.1) is 11.3 Å². The van der Waals surface area contributed by atoms with Crippen molar-refractivity contribution in [3.8, 4) is 0 Å². The van der Waals surface area contributed by atoms with Crippen molar-refractivity contribution in [2.75, 3.05) is 19.8 Å². The maximum absolute atomic E-state index is 13.0. The van der Waals surface area contributed by atoms with E-state index in [0.29, 0.717) is 33.7 Å². The van der Waals surface area contributed by atoms with Crippen molar-refractivity contribution in [3.63, 3.8) is 0 Å². The van der Waals surface area contributed by atoms with E-state index in [4.69, 9.17) is 9.47 Å². The van der Waals surface area contributed by atoms with E-state index in [9.17, 15) is 14.4 Å². The van der Waals surface area contributed by atoms with Crippen LogP contribution in [0.5, 0.6) is 0 Å². The molecule has 29 heavy (non-hydrogen) atoms. The highest BCUT2D eigenvalue weighted by Crippen LogP contribution is 2.29. The van der Waals surface area contributed by atoms with E-state index in [1.54, 1.807) is 11.5 Å². The third-order valence-electron chi connectivity index (χ3n) is 5.48. The molecule has 2 aliphatic rings. The molecular formula is C20H25N3O5S. The fourth-order valence-corrected chi connectivity index (χ4v) is 4.97. The topological polar surface area (TPSA) is 99.5 Å². The molecule has 9 heteroatoms. The average Bonchev–Trinajstić information content (AvgIpc) is 3.26. The zero-order valence-corrected chi connectivity index (χ0v) is 17.3. The highest BCUT2D eigenvalue weighted by atomic mass is 32.1. The first-order valence-electron chi connectivity index (χ1n) is 10.1. The largest absolute Gasteiger partial charge is 0.451 e. The summed E-state index contributed by atoms with van der Waals surface area (Å²) in [4.78, 5) is 43.0. The second-order valence-corrected chi connectivity index (χ2v) is 8.55. The Hall–Kier alpha value is -2.26. The van der Waals surface area contributed by atoms with Crippen molar-refractivity contribution < 1.29 is 19.1 Å². The molecule has 0 aromatic carbocycles. The Bertz CT molecular complexity index is 990. The molecule has 1 amide bonds. The first-order chi connectivity index (χ1) is 14.0. The van der Waals surface area contributed by atoms with E-state index in [-0.39, 0.29) is 24.2 Å². The maximum atomic E-state index is 13.0. The number of hydrogen-bond donors (Lipinski definition) is 1. The van der Waals surface area contributed by atoms with E-state index in [2.05, 4.69) is 10.3 Å². The number of aryl methyl sites for hydroxylation is 2. The summed E-state index contributed by atoms with van der Waals surface area (Å²) in [7, 11) is 0. The molecule has 4 heterocycles. The monoisotopic (exact) mass is 419 g/mol. The van der Waals surface area contributed by atoms with Gasteiger partial charge in [0.1, 0.15) is 15.5 Å². The molecule has 1 saturated heterocycles. The van der Waals surface area contributed by atoms with Gasteiger partial charge in [-0.3, -0.25) is 14.2 Å². The Morgan fingerprint density at radius 3 is 2.97 bits per heavy atom. The summed E-state index contributed by atoms with van der Waals surface area (Å²) in [5.41, 5.74) is 0.487. The van der Waals surface area contributed by atoms with Crippen molar-refractivity contribution in [2.45, 2.75) is 58.1 Å². The standard InChI is InChI=1S/C20H25N3O5S/c1-12-16-18(22-14-7-3-2-4-8-23(14)19(16)25)29-17(12)20(26)28-11-15(24)21-10-13-6-5-9-27-13/h13H,2-11H2,1H3,(H,21,24). The molecule has 0 bridgehead atoms. The number of esters is 1. The Morgan fingerprint density at radius 2 is 2.17 bits per heavy atom. The van der Waals surface area contributed by atoms with Gasteiger partial charge < -0.3 is 14.8 Å². The minimum Gasteiger partial charge on any atom is -0.451 e. The minimum absolute atomic E-state index is 0.0359. The van der Waals surface area contributed by atoms with Gasteiger partial charge in [-0.1, -0.05) is 6.42 Å². The Kier molecular flexibility index (Phi) is 5.96. The average molecular weight is 420 g/mol. The van der Waals surface area contributed by atoms with Gasteiger partial charge in [-0.2, -0.15) is 0 Å². The van der Waals surface area contributed by atoms with Gasteiger partial charge in [0.15, 0.2) is 6.61 Å². The summed E-state index contributed by atoms with van der Waals surface area (Å²) < 4.78 is 12.4. The molecule has 1 fully saturated rings. The van der Waals surface area contributed by atoms with Crippen LogP contribution in [-0.4, -0.2) is 47.3 Å². The molecule has 1 atom stereocenters. The van der Waals surface area contributed by atoms with Crippen molar-refractivity contribution in [1.82, 2.24) is 14.9 Å². The summed E-state index contributed by atoms with van der Waals surface area (Å²) in [6.07, 6.45) is 5.78. The number of hydrogen-bond acceptors (Lipinski definition) is 7. The van der Waals surface area contributed by atoms with Gasteiger partial charge in [0.25, 0.3) is 11.5 Å². The van der Waals surface area contributed by atoms with Gasteiger partial charge >= 0.3 is 5.97 Å². The number of nitrogens with one attached hydrogen (secondary N) is 1. The van der Waals surface area contributed by atoms with Crippen molar-refractivity contribution in [1.29, 1.82) is 0 Å². The summed E-state index contributed by atoms with van der Waals surface area (Å²) in [6, 6.07) is 0. The van der Waals surface area contributed by atoms with E-state index >= 15 is 0 Å². The molecule has 0 saturated carbocycles. The highest BCUT2D eigenvalue weighted by Gasteiger charge is 2.24. The molecule has 0 spiro atoms. The second-order valence-electron chi connectivity index (χ2n) is 7.55. The molecule has 2 aromatic rings. The fourth-order valence-electron chi connectivity index (χ4n) is 3.89. The Labute approximate surface area is 172 Å². The van der Waals surface area contributed by atoms with Crippen LogP contribution in [0.15, 0.2) is 4.79 Å². The Morgan fingerprint density at radius 1 is 1.31 bits per heavy atom. The Balaban J connectivity index is 1.46. The van der Waals surface area contributed by atoms with E-state index in [0.717, 1.165) is 62.3 Å². The molecule has 0 radical (unpaired) electrons. The van der Waals surface area contributed by atoms with Crippen molar-refractivity contribution in [2.24, 2.45) is 0 Å². The molecule has 2 aromatic heterocycles. The zero-order chi connectivity index (χ0) is 20.4. The minimum atomic E-state index is -0.600. The number of rotatable bonds is 5. The van der Waals surface area contributed by atoms with Crippen LogP contribution in [0.4, 0.5) is 0 Å². The molecule has 2 aliphatic heterocycles. The fraction of sp³-hybridized carbons (Fsp3) is 0.600. The maximum Gasteiger partial charge on any atom is 0.349 e. The molecule has 0 aliphatic carbocycles. The smallest absolute Gasteiger partial charge is 0.349 e. The number of thiophene rings is 1. The molecule has 4 rings (SSSR count). The highest BCUT2D eigenvalue weighted by molar-refractivity contribution is 7.20. The predicted octanol–water partition coefficient (Wildman–Crippen LogP) is 1.94. The van der Waals surface area contributed by atoms with Crippen LogP contribution in [0, 0.1) is 6.92 Å². The van der Waals surface area contributed by atoms with Crippen LogP contribution >= 0.6 is 11.3 Å². The third-order valence-corrected chi connectivity index (χ3v) is 6.65. The number of fused-ring (bicyclic) bond motifs is 2. The summed E-state index contributed by atoms with van der Waals surface area (Å²) in [5.74, 6) is -0.176. The van der Waals surface area contributed by atoms with Crippen LogP contribution < -0.4 is 10.9 Å². The number of ether oxygens (including phenoxy) is 2. The van der Waals surface area contributed by atoms with Crippen LogP contribution in [0.3, 0.4) is 0 Å². The number of aromatic nitrogens is 2. The lowest BCUT2D eigenvalue weighted by molar-refractivity contribution is -0.124. The van der Waals surface area contributed by atoms with Crippen LogP contribution in [0.2, 0.25) is 0 Å². The van der Waals surface area contributed by atoms with E-state index in [1.807, 2.05) is 0 Å². The summed E-state index contributed by atoms with van der Waals surface area (Å²) in [5, 5.41) is 3.20. The van der Waals surface area contributed by atoms with Gasteiger partial charge in [0.2, 0.25) is 0 Å². The van der Waals surface area contributed by atoms with Crippen LogP contribution in [0.1, 0.15) is 53.2 Å². The SMILES string of the molecule is Cc1c(C(=O)OCC(=O)NCC2CCCO2)sc2nc3n(c(=O)c12)CCCCC3. The first kappa shape index (κ1) is 20.0. The van der Waals surface area contributed by atoms with Crippen LogP contribution in [-0.2, 0) is 27.2 Å². The van der Waals surface area contributed by atoms with Gasteiger partial charge in [0.05, 0.1) is 11.5 Å². The number of nitrogens with zero attached hydrogens (tertiary/aromatic N) is 2. The lowest BCUT2D eigenvalue weighted by Gasteiger charge is -2.10. The molecule has 1 unspecified atom stereocenters. The summed E-state index contributed by atoms with van der Waals surface area (Å²) >= 11 is 1.16. The zero-order valence-electron chi connectivity index (χ0n) is 16.5. The lowest BCUT2D eigenvalue weighted by atomic mass is 10.2.